The summed E-state index contributed by atoms with van der Waals surface area (Å²) in [6.45, 7) is 18.0. The van der Waals surface area contributed by atoms with Crippen molar-refractivity contribution in [1.82, 2.24) is 0 Å². The van der Waals surface area contributed by atoms with Crippen molar-refractivity contribution in [3.8, 4) is 22.3 Å². The zero-order valence-corrected chi connectivity index (χ0v) is 38.8. The summed E-state index contributed by atoms with van der Waals surface area (Å²) in [5.41, 5.74) is 19.5. The average molecular weight is 833 g/mol. The highest BCUT2D eigenvalue weighted by atomic mass is 15.1. The summed E-state index contributed by atoms with van der Waals surface area (Å²) in [6, 6.07) is 68.5. The van der Waals surface area contributed by atoms with Gasteiger partial charge in [0.25, 0.3) is 0 Å². The Bertz CT molecular complexity index is 2860. The molecule has 0 heterocycles. The first-order valence-electron chi connectivity index (χ1n) is 23.1. The third kappa shape index (κ3) is 8.84. The number of fused-ring (bicyclic) bond motifs is 2. The van der Waals surface area contributed by atoms with Crippen molar-refractivity contribution in [2.24, 2.45) is 11.8 Å². The van der Waals surface area contributed by atoms with Crippen LogP contribution in [0.15, 0.2) is 182 Å². The van der Waals surface area contributed by atoms with Crippen molar-refractivity contribution in [3.63, 3.8) is 0 Å². The number of benzene rings is 9. The minimum atomic E-state index is 0.560. The van der Waals surface area contributed by atoms with Gasteiger partial charge >= 0.3 is 0 Å². The summed E-state index contributed by atoms with van der Waals surface area (Å²) in [4.78, 5) is 4.91. The van der Waals surface area contributed by atoms with Gasteiger partial charge in [-0.2, -0.15) is 0 Å². The van der Waals surface area contributed by atoms with Gasteiger partial charge in [0.05, 0.1) is 0 Å². The van der Waals surface area contributed by atoms with E-state index in [4.69, 9.17) is 0 Å². The van der Waals surface area contributed by atoms with Crippen molar-refractivity contribution in [3.05, 3.63) is 215 Å². The zero-order valence-electron chi connectivity index (χ0n) is 38.8. The van der Waals surface area contributed by atoms with Crippen molar-refractivity contribution < 1.29 is 0 Å². The summed E-state index contributed by atoms with van der Waals surface area (Å²) in [5.74, 6) is 1.12. The van der Waals surface area contributed by atoms with Gasteiger partial charge in [-0.3, -0.25) is 0 Å². The Morgan fingerprint density at radius 2 is 0.672 bits per heavy atom. The van der Waals surface area contributed by atoms with E-state index >= 15 is 0 Å². The molecule has 0 fully saturated rings. The molecule has 2 heteroatoms. The predicted molar refractivity (Wildman–Crippen MR) is 278 cm³/mol. The second-order valence-corrected chi connectivity index (χ2v) is 18.8. The molecule has 0 bridgehead atoms. The molecule has 0 aromatic heterocycles. The highest BCUT2D eigenvalue weighted by Crippen LogP contribution is 2.48. The number of rotatable bonds is 12. The first kappa shape index (κ1) is 42.4. The molecule has 64 heavy (non-hydrogen) atoms. The van der Waals surface area contributed by atoms with Gasteiger partial charge in [0.1, 0.15) is 0 Å². The van der Waals surface area contributed by atoms with E-state index in [0.29, 0.717) is 11.8 Å². The van der Waals surface area contributed by atoms with Gasteiger partial charge in [-0.25, -0.2) is 0 Å². The first-order chi connectivity index (χ1) is 31.0. The van der Waals surface area contributed by atoms with Crippen LogP contribution < -0.4 is 9.80 Å². The van der Waals surface area contributed by atoms with E-state index in [1.807, 2.05) is 0 Å². The summed E-state index contributed by atoms with van der Waals surface area (Å²) in [7, 11) is 0. The molecule has 0 atom stereocenters. The van der Waals surface area contributed by atoms with E-state index in [0.717, 1.165) is 35.6 Å². The lowest BCUT2D eigenvalue weighted by atomic mass is 9.85. The Hall–Kier alpha value is -6.90. The lowest BCUT2D eigenvalue weighted by molar-refractivity contribution is 0.647. The molecule has 2 nitrogen and oxygen atoms in total. The molecule has 0 aliphatic heterocycles. The van der Waals surface area contributed by atoms with Gasteiger partial charge in [-0.05, 0) is 191 Å². The van der Waals surface area contributed by atoms with E-state index in [2.05, 4.69) is 247 Å². The minimum absolute atomic E-state index is 0.560. The quantitative estimate of drug-likeness (QED) is 0.113. The fraction of sp³-hybridized carbons (Fsp3) is 0.194. The van der Waals surface area contributed by atoms with Gasteiger partial charge < -0.3 is 9.80 Å². The van der Waals surface area contributed by atoms with Gasteiger partial charge in [0.2, 0.25) is 0 Å². The fourth-order valence-corrected chi connectivity index (χ4v) is 9.71. The molecule has 0 aliphatic rings. The molecule has 9 aromatic carbocycles. The van der Waals surface area contributed by atoms with Crippen molar-refractivity contribution >= 4 is 55.7 Å². The summed E-state index contributed by atoms with van der Waals surface area (Å²) >= 11 is 0. The summed E-state index contributed by atoms with van der Waals surface area (Å²) in [5, 5.41) is 4.90. The zero-order chi connectivity index (χ0) is 44.5. The van der Waals surface area contributed by atoms with Crippen LogP contribution in [0.4, 0.5) is 34.1 Å². The lowest BCUT2D eigenvalue weighted by Gasteiger charge is -2.29. The van der Waals surface area contributed by atoms with Crippen LogP contribution in [-0.2, 0) is 12.8 Å². The van der Waals surface area contributed by atoms with E-state index < -0.39 is 0 Å². The Balaban J connectivity index is 1.35. The maximum Gasteiger partial charge on any atom is 0.0468 e. The van der Waals surface area contributed by atoms with Crippen LogP contribution in [0.3, 0.4) is 0 Å². The third-order valence-corrected chi connectivity index (χ3v) is 12.4. The van der Waals surface area contributed by atoms with E-state index in [-0.39, 0.29) is 0 Å². The highest BCUT2D eigenvalue weighted by Gasteiger charge is 2.23. The molecule has 9 aromatic rings. The first-order valence-corrected chi connectivity index (χ1v) is 23.1. The number of hydrogen-bond donors (Lipinski definition) is 0. The topological polar surface area (TPSA) is 6.48 Å². The second kappa shape index (κ2) is 18.1. The monoisotopic (exact) mass is 832 g/mol. The normalized spacial score (nSPS) is 11.5. The second-order valence-electron chi connectivity index (χ2n) is 18.8. The molecule has 0 N–H and O–H groups in total. The Morgan fingerprint density at radius 1 is 0.312 bits per heavy atom. The van der Waals surface area contributed by atoms with Gasteiger partial charge in [-0.1, -0.05) is 148 Å². The molecule has 318 valence electrons. The standard InChI is InChI=1S/C62H60N2/c1-41(2)31-47-33-45(7)35-55(37-47)63(51-23-19-43(5)20-24-51)53-27-29-57-59(39-53)61(49-15-11-9-12-16-49)58-30-28-54(40-60(58)62(57)50-17-13-10-14-18-50)64(52-25-21-44(6)22-26-52)56-36-46(8)34-48(38-56)32-42(3)4/h9-30,33-42H,31-32H2,1-8H3. The van der Waals surface area contributed by atoms with Crippen LogP contribution in [0.5, 0.6) is 0 Å². The SMILES string of the molecule is Cc1ccc(N(c2cc(C)cc(CC(C)C)c2)c2ccc3c(-c4ccccc4)c4cc(N(c5ccc(C)cc5)c5cc(C)cc(CC(C)C)c5)ccc4c(-c4ccccc4)c3c2)cc1. The van der Waals surface area contributed by atoms with E-state index in [1.165, 1.54) is 88.6 Å². The molecular formula is C62H60N2. The smallest absolute Gasteiger partial charge is 0.0468 e. The Labute approximate surface area is 381 Å². The minimum Gasteiger partial charge on any atom is -0.310 e. The maximum absolute atomic E-state index is 2.45. The van der Waals surface area contributed by atoms with Crippen LogP contribution in [0.2, 0.25) is 0 Å². The Kier molecular flexibility index (Phi) is 12.0. The van der Waals surface area contributed by atoms with E-state index in [9.17, 15) is 0 Å². The Morgan fingerprint density at radius 3 is 1.03 bits per heavy atom. The molecule has 0 saturated heterocycles. The average Bonchev–Trinajstić information content (AvgIpc) is 3.27. The molecule has 0 radical (unpaired) electrons. The van der Waals surface area contributed by atoms with Crippen LogP contribution >= 0.6 is 0 Å². The molecular weight excluding hydrogens is 773 g/mol. The van der Waals surface area contributed by atoms with Crippen LogP contribution in [0.25, 0.3) is 43.8 Å². The molecule has 0 amide bonds. The summed E-state index contributed by atoms with van der Waals surface area (Å²) < 4.78 is 0. The molecule has 0 spiro atoms. The van der Waals surface area contributed by atoms with E-state index in [1.54, 1.807) is 0 Å². The van der Waals surface area contributed by atoms with Crippen LogP contribution in [0, 0.1) is 39.5 Å². The number of hydrogen-bond acceptors (Lipinski definition) is 2. The number of anilines is 6. The number of nitrogens with zero attached hydrogens (tertiary/aromatic N) is 2. The van der Waals surface area contributed by atoms with Crippen LogP contribution in [-0.4, -0.2) is 0 Å². The number of aryl methyl sites for hydroxylation is 4. The molecule has 9 rings (SSSR count). The highest BCUT2D eigenvalue weighted by molar-refractivity contribution is 6.22. The van der Waals surface area contributed by atoms with Crippen molar-refractivity contribution in [2.45, 2.75) is 68.2 Å². The van der Waals surface area contributed by atoms with Crippen molar-refractivity contribution in [2.75, 3.05) is 9.80 Å². The maximum atomic E-state index is 2.45. The predicted octanol–water partition coefficient (Wildman–Crippen LogP) is 17.9. The van der Waals surface area contributed by atoms with Gasteiger partial charge in [0.15, 0.2) is 0 Å². The fourth-order valence-electron chi connectivity index (χ4n) is 9.71. The van der Waals surface area contributed by atoms with Gasteiger partial charge in [-0.15, -0.1) is 0 Å². The molecule has 0 aliphatic carbocycles. The summed E-state index contributed by atoms with van der Waals surface area (Å²) in [6.07, 6.45) is 2.07. The largest absolute Gasteiger partial charge is 0.310 e. The van der Waals surface area contributed by atoms with Crippen LogP contribution in [0.1, 0.15) is 61.1 Å². The van der Waals surface area contributed by atoms with Crippen molar-refractivity contribution in [1.29, 1.82) is 0 Å². The van der Waals surface area contributed by atoms with Gasteiger partial charge in [0, 0.05) is 34.1 Å². The molecule has 0 saturated carbocycles. The molecule has 0 unspecified atom stereocenters. The third-order valence-electron chi connectivity index (χ3n) is 12.4. The lowest BCUT2D eigenvalue weighted by Crippen LogP contribution is -2.11.